The van der Waals surface area contributed by atoms with Gasteiger partial charge in [-0.05, 0) is 61.2 Å². The van der Waals surface area contributed by atoms with E-state index in [4.69, 9.17) is 21.4 Å². The molecule has 0 amide bonds. The molecule has 1 aliphatic carbocycles. The average Bonchev–Trinajstić information content (AvgIpc) is 3.04. The molecule has 1 unspecified atom stereocenters. The van der Waals surface area contributed by atoms with E-state index in [1.807, 2.05) is 54.1 Å². The van der Waals surface area contributed by atoms with Crippen LogP contribution in [0, 0.1) is 12.8 Å². The number of ether oxygens (including phenoxy) is 1. The van der Waals surface area contributed by atoms with Gasteiger partial charge < -0.3 is 10.1 Å². The number of fused-ring (bicyclic) bond motifs is 1. The minimum atomic E-state index is 0.121. The quantitative estimate of drug-likeness (QED) is 0.646. The van der Waals surface area contributed by atoms with Crippen LogP contribution in [0.5, 0.6) is 5.75 Å². The average molecular weight is 396 g/mol. The second-order valence-electron chi connectivity index (χ2n) is 7.25. The summed E-state index contributed by atoms with van der Waals surface area (Å²) < 4.78 is 7.12. The molecular weight excluding hydrogens is 374 g/mol. The molecule has 4 rings (SSSR count). The Kier molecular flexibility index (Phi) is 4.85. The van der Waals surface area contributed by atoms with E-state index < -0.39 is 0 Å². The summed E-state index contributed by atoms with van der Waals surface area (Å²) in [5.41, 5.74) is 4.29. The molecule has 1 N–H and O–H groups in total. The molecule has 1 heterocycles. The zero-order valence-electron chi connectivity index (χ0n) is 16.1. The lowest BCUT2D eigenvalue weighted by atomic mass is 9.87. The van der Waals surface area contributed by atoms with Crippen LogP contribution in [0.15, 0.2) is 42.5 Å². The van der Waals surface area contributed by atoms with E-state index in [1.54, 1.807) is 7.11 Å². The fourth-order valence-electron chi connectivity index (χ4n) is 3.65. The van der Waals surface area contributed by atoms with Crippen LogP contribution < -0.4 is 10.1 Å². The Labute approximate surface area is 169 Å². The summed E-state index contributed by atoms with van der Waals surface area (Å²) in [5, 5.41) is 8.78. The Morgan fingerprint density at radius 1 is 1.18 bits per heavy atom. The predicted molar refractivity (Wildman–Crippen MR) is 111 cm³/mol. The maximum absolute atomic E-state index is 12.9. The highest BCUT2D eigenvalue weighted by Crippen LogP contribution is 2.35. The van der Waals surface area contributed by atoms with Gasteiger partial charge >= 0.3 is 0 Å². The highest BCUT2D eigenvalue weighted by Gasteiger charge is 2.31. The largest absolute Gasteiger partial charge is 0.497 e. The van der Waals surface area contributed by atoms with Crippen molar-refractivity contribution in [1.29, 1.82) is 0 Å². The number of Topliss-reactive ketones (excluding diaryl/α,β-unsaturated/α-hetero) is 1. The van der Waals surface area contributed by atoms with Gasteiger partial charge in [0.2, 0.25) is 0 Å². The monoisotopic (exact) mass is 395 g/mol. The van der Waals surface area contributed by atoms with Crippen molar-refractivity contribution in [2.45, 2.75) is 26.7 Å². The third kappa shape index (κ3) is 3.27. The normalized spacial score (nSPS) is 16.0. The van der Waals surface area contributed by atoms with Crippen LogP contribution in [0.1, 0.15) is 35.0 Å². The number of nitrogens with one attached hydrogen (secondary N) is 1. The Morgan fingerprint density at radius 2 is 1.93 bits per heavy atom. The number of carbonyl (C=O) groups excluding carboxylic acids is 1. The molecule has 0 saturated heterocycles. The maximum Gasteiger partial charge on any atom is 0.168 e. The lowest BCUT2D eigenvalue weighted by Gasteiger charge is -2.19. The van der Waals surface area contributed by atoms with Gasteiger partial charge in [-0.25, -0.2) is 4.68 Å². The molecule has 3 aromatic rings. The minimum absolute atomic E-state index is 0.121. The molecule has 1 atom stereocenters. The second kappa shape index (κ2) is 7.32. The number of methoxy groups -OCH3 is 1. The van der Waals surface area contributed by atoms with E-state index in [-0.39, 0.29) is 11.7 Å². The second-order valence-corrected chi connectivity index (χ2v) is 7.66. The third-order valence-corrected chi connectivity index (χ3v) is 5.58. The van der Waals surface area contributed by atoms with E-state index in [0.29, 0.717) is 22.8 Å². The summed E-state index contributed by atoms with van der Waals surface area (Å²) in [6.45, 7) is 4.04. The first-order chi connectivity index (χ1) is 13.5. The fraction of sp³-hybridized carbons (Fsp3) is 0.273. The highest BCUT2D eigenvalue weighted by atomic mass is 35.5. The van der Waals surface area contributed by atoms with Crippen LogP contribution in [-0.2, 0) is 6.42 Å². The number of benzene rings is 2. The maximum atomic E-state index is 12.9. The molecule has 0 aliphatic heterocycles. The smallest absolute Gasteiger partial charge is 0.168 e. The summed E-state index contributed by atoms with van der Waals surface area (Å²) >= 11 is 6.26. The van der Waals surface area contributed by atoms with E-state index in [1.165, 1.54) is 0 Å². The van der Waals surface area contributed by atoms with E-state index in [2.05, 4.69) is 12.2 Å². The molecule has 0 bridgehead atoms. The minimum Gasteiger partial charge on any atom is -0.497 e. The lowest BCUT2D eigenvalue weighted by Crippen LogP contribution is -2.19. The molecule has 28 heavy (non-hydrogen) atoms. The zero-order valence-corrected chi connectivity index (χ0v) is 16.9. The van der Waals surface area contributed by atoms with Gasteiger partial charge in [0.1, 0.15) is 5.75 Å². The van der Waals surface area contributed by atoms with E-state index in [9.17, 15) is 4.79 Å². The number of ketones is 1. The van der Waals surface area contributed by atoms with Gasteiger partial charge in [0, 0.05) is 17.1 Å². The van der Waals surface area contributed by atoms with E-state index >= 15 is 0 Å². The van der Waals surface area contributed by atoms with Crippen molar-refractivity contribution < 1.29 is 9.53 Å². The van der Waals surface area contributed by atoms with Crippen molar-refractivity contribution in [2.24, 2.45) is 5.92 Å². The van der Waals surface area contributed by atoms with Gasteiger partial charge in [0.05, 0.1) is 24.1 Å². The van der Waals surface area contributed by atoms with Gasteiger partial charge in [-0.15, -0.1) is 5.10 Å². The molecule has 0 saturated carbocycles. The van der Waals surface area contributed by atoms with Crippen molar-refractivity contribution in [3.8, 4) is 11.4 Å². The number of rotatable bonds is 4. The van der Waals surface area contributed by atoms with Crippen LogP contribution in [0.4, 0.5) is 11.5 Å². The Bertz CT molecular complexity index is 1040. The van der Waals surface area contributed by atoms with Crippen LogP contribution >= 0.6 is 11.6 Å². The van der Waals surface area contributed by atoms with Gasteiger partial charge in [-0.2, -0.15) is 0 Å². The van der Waals surface area contributed by atoms with Crippen LogP contribution in [0.3, 0.4) is 0 Å². The molecule has 2 aromatic carbocycles. The SMILES string of the molecule is COc1ccc(-n2nc(Nc3cccc(Cl)c3C)c3c2CC(C)CC3=O)cc1. The first-order valence-electron chi connectivity index (χ1n) is 9.29. The van der Waals surface area contributed by atoms with Crippen molar-refractivity contribution in [3.63, 3.8) is 0 Å². The summed E-state index contributed by atoms with van der Waals surface area (Å²) in [5.74, 6) is 1.76. The number of hydrogen-bond acceptors (Lipinski definition) is 4. The first-order valence-corrected chi connectivity index (χ1v) is 9.67. The fourth-order valence-corrected chi connectivity index (χ4v) is 3.82. The predicted octanol–water partition coefficient (Wildman–Crippen LogP) is 5.35. The van der Waals surface area contributed by atoms with Crippen LogP contribution in [0.25, 0.3) is 5.69 Å². The number of nitrogens with zero attached hydrogens (tertiary/aromatic N) is 2. The van der Waals surface area contributed by atoms with E-state index in [0.717, 1.165) is 34.8 Å². The third-order valence-electron chi connectivity index (χ3n) is 5.17. The number of anilines is 2. The molecule has 0 fully saturated rings. The standard InChI is InChI=1S/C22H22ClN3O2/c1-13-11-19-21(20(27)12-13)22(24-18-6-4-5-17(23)14(18)2)25-26(19)15-7-9-16(28-3)10-8-15/h4-10,13H,11-12H2,1-3H3,(H,24,25). The molecule has 5 nitrogen and oxygen atoms in total. The Morgan fingerprint density at radius 3 is 2.64 bits per heavy atom. The van der Waals surface area contributed by atoms with Crippen LogP contribution in [-0.4, -0.2) is 22.7 Å². The zero-order chi connectivity index (χ0) is 19.8. The number of halogens is 1. The summed E-state index contributed by atoms with van der Waals surface area (Å²) in [6, 6.07) is 13.4. The molecule has 6 heteroatoms. The van der Waals surface area contributed by atoms with Crippen LogP contribution in [0.2, 0.25) is 5.02 Å². The number of hydrogen-bond donors (Lipinski definition) is 1. The summed E-state index contributed by atoms with van der Waals surface area (Å²) in [6.07, 6.45) is 1.33. The molecule has 144 valence electrons. The Hall–Kier alpha value is -2.79. The topological polar surface area (TPSA) is 56.1 Å². The van der Waals surface area contributed by atoms with Gasteiger partial charge in [-0.3, -0.25) is 4.79 Å². The number of carbonyl (C=O) groups is 1. The van der Waals surface area contributed by atoms with Crippen molar-refractivity contribution >= 4 is 28.9 Å². The van der Waals surface area contributed by atoms with Crippen molar-refractivity contribution in [1.82, 2.24) is 9.78 Å². The molecule has 0 radical (unpaired) electrons. The first kappa shape index (κ1) is 18.6. The Balaban J connectivity index is 1.83. The highest BCUT2D eigenvalue weighted by molar-refractivity contribution is 6.31. The van der Waals surface area contributed by atoms with Gasteiger partial charge in [-0.1, -0.05) is 24.6 Å². The van der Waals surface area contributed by atoms with Crippen molar-refractivity contribution in [2.75, 3.05) is 12.4 Å². The van der Waals surface area contributed by atoms with Crippen molar-refractivity contribution in [3.05, 3.63) is 64.3 Å². The molecule has 1 aliphatic rings. The number of aromatic nitrogens is 2. The lowest BCUT2D eigenvalue weighted by molar-refractivity contribution is 0.0953. The summed E-state index contributed by atoms with van der Waals surface area (Å²) in [7, 11) is 1.64. The summed E-state index contributed by atoms with van der Waals surface area (Å²) in [4.78, 5) is 12.9. The molecule has 0 spiro atoms. The molecular formula is C22H22ClN3O2. The van der Waals surface area contributed by atoms with Gasteiger partial charge in [0.25, 0.3) is 0 Å². The van der Waals surface area contributed by atoms with Gasteiger partial charge in [0.15, 0.2) is 11.6 Å². The molecule has 1 aromatic heterocycles.